The molecule has 0 spiro atoms. The van der Waals surface area contributed by atoms with Crippen LogP contribution >= 0.6 is 11.3 Å². The molecular formula is C20H27N5OS. The summed E-state index contributed by atoms with van der Waals surface area (Å²) in [6, 6.07) is 7.57. The van der Waals surface area contributed by atoms with Crippen molar-refractivity contribution in [2.45, 2.75) is 53.1 Å². The van der Waals surface area contributed by atoms with Crippen LogP contribution < -0.4 is 10.6 Å². The van der Waals surface area contributed by atoms with E-state index in [2.05, 4.69) is 25.6 Å². The molecule has 144 valence electrons. The van der Waals surface area contributed by atoms with E-state index < -0.39 is 0 Å². The van der Waals surface area contributed by atoms with E-state index in [0.717, 1.165) is 15.9 Å². The van der Waals surface area contributed by atoms with Crippen molar-refractivity contribution in [1.82, 2.24) is 20.3 Å². The van der Waals surface area contributed by atoms with Gasteiger partial charge in [0.25, 0.3) is 5.91 Å². The van der Waals surface area contributed by atoms with E-state index in [9.17, 15) is 4.79 Å². The predicted octanol–water partition coefficient (Wildman–Crippen LogP) is 4.81. The first-order chi connectivity index (χ1) is 12.8. The smallest absolute Gasteiger partial charge is 0.271 e. The van der Waals surface area contributed by atoms with Gasteiger partial charge in [-0.25, -0.2) is 9.97 Å². The molecule has 7 heteroatoms. The Balaban J connectivity index is 0.00000126. The Morgan fingerprint density at radius 3 is 2.52 bits per heavy atom. The molecule has 6 nitrogen and oxygen atoms in total. The first kappa shape index (κ1) is 20.8. The van der Waals surface area contributed by atoms with Crippen molar-refractivity contribution in [2.75, 3.05) is 5.32 Å². The zero-order valence-electron chi connectivity index (χ0n) is 16.7. The lowest BCUT2D eigenvalue weighted by molar-refractivity contribution is 0.0916. The Labute approximate surface area is 164 Å². The van der Waals surface area contributed by atoms with Gasteiger partial charge in [0.2, 0.25) is 5.95 Å². The van der Waals surface area contributed by atoms with Crippen molar-refractivity contribution in [2.24, 2.45) is 0 Å². The van der Waals surface area contributed by atoms with Crippen LogP contribution in [0.25, 0.3) is 10.2 Å². The number of pyridine rings is 1. The molecule has 0 saturated carbocycles. The Morgan fingerprint density at radius 2 is 1.89 bits per heavy atom. The summed E-state index contributed by atoms with van der Waals surface area (Å²) in [6.07, 6.45) is 1.75. The molecule has 0 bridgehead atoms. The standard InChI is InChI=1S/C18H21N5OS.C2H6/c1-11(12-7-5-6-9-19-12)20-17-21-13-8-10-25-15(13)14(22-17)16(24)23-18(2,3)4;1-2/h5-11H,1-4H3,(H,23,24)(H,20,21,22);1-2H3/t11-;/m0./s1. The van der Waals surface area contributed by atoms with Crippen LogP contribution in [-0.2, 0) is 0 Å². The molecule has 0 saturated heterocycles. The maximum atomic E-state index is 12.6. The molecule has 0 unspecified atom stereocenters. The third-order valence-electron chi connectivity index (χ3n) is 3.48. The van der Waals surface area contributed by atoms with E-state index in [1.807, 2.05) is 71.2 Å². The van der Waals surface area contributed by atoms with Crippen molar-refractivity contribution in [3.05, 3.63) is 47.2 Å². The van der Waals surface area contributed by atoms with Gasteiger partial charge in [0, 0.05) is 11.7 Å². The van der Waals surface area contributed by atoms with Gasteiger partial charge in [-0.15, -0.1) is 11.3 Å². The molecule has 1 atom stereocenters. The number of anilines is 1. The molecule has 3 rings (SSSR count). The lowest BCUT2D eigenvalue weighted by Gasteiger charge is -2.20. The second-order valence-corrected chi connectivity index (χ2v) is 7.77. The number of hydrogen-bond donors (Lipinski definition) is 2. The molecule has 1 amide bonds. The van der Waals surface area contributed by atoms with Gasteiger partial charge in [-0.2, -0.15) is 0 Å². The second-order valence-electron chi connectivity index (χ2n) is 6.86. The molecular weight excluding hydrogens is 358 g/mol. The fourth-order valence-electron chi connectivity index (χ4n) is 2.38. The predicted molar refractivity (Wildman–Crippen MR) is 112 cm³/mol. The number of aromatic nitrogens is 3. The van der Waals surface area contributed by atoms with E-state index in [-0.39, 0.29) is 17.5 Å². The SMILES string of the molecule is CC.C[C@H](Nc1nc(C(=O)NC(C)(C)C)c2sccc2n1)c1ccccn1. The maximum Gasteiger partial charge on any atom is 0.271 e. The van der Waals surface area contributed by atoms with E-state index in [1.54, 1.807) is 6.20 Å². The molecule has 0 radical (unpaired) electrons. The van der Waals surface area contributed by atoms with Crippen LogP contribution in [0.15, 0.2) is 35.8 Å². The molecule has 27 heavy (non-hydrogen) atoms. The quantitative estimate of drug-likeness (QED) is 0.673. The van der Waals surface area contributed by atoms with Crippen LogP contribution in [0.2, 0.25) is 0 Å². The number of thiophene rings is 1. The van der Waals surface area contributed by atoms with Crippen LogP contribution in [0.4, 0.5) is 5.95 Å². The topological polar surface area (TPSA) is 79.8 Å². The van der Waals surface area contributed by atoms with E-state index in [0.29, 0.717) is 11.6 Å². The number of fused-ring (bicyclic) bond motifs is 1. The number of amides is 1. The third-order valence-corrected chi connectivity index (χ3v) is 4.39. The summed E-state index contributed by atoms with van der Waals surface area (Å²) in [6.45, 7) is 11.8. The second kappa shape index (κ2) is 8.90. The lowest BCUT2D eigenvalue weighted by Crippen LogP contribution is -2.41. The molecule has 0 aliphatic carbocycles. The number of hydrogen-bond acceptors (Lipinski definition) is 6. The average Bonchev–Trinajstić information content (AvgIpc) is 3.10. The lowest BCUT2D eigenvalue weighted by atomic mass is 10.1. The number of carbonyl (C=O) groups is 1. The van der Waals surface area contributed by atoms with Gasteiger partial charge in [-0.05, 0) is 51.3 Å². The zero-order valence-corrected chi connectivity index (χ0v) is 17.5. The molecule has 0 aromatic carbocycles. The Hall–Kier alpha value is -2.54. The summed E-state index contributed by atoms with van der Waals surface area (Å²) >= 11 is 1.47. The third kappa shape index (κ3) is 5.47. The van der Waals surface area contributed by atoms with Gasteiger partial charge < -0.3 is 10.6 Å². The average molecular weight is 386 g/mol. The molecule has 0 aliphatic heterocycles. The number of carbonyl (C=O) groups excluding carboxylic acids is 1. The van der Waals surface area contributed by atoms with Crippen LogP contribution in [0.5, 0.6) is 0 Å². The summed E-state index contributed by atoms with van der Waals surface area (Å²) in [4.78, 5) is 26.0. The number of nitrogens with one attached hydrogen (secondary N) is 2. The van der Waals surface area contributed by atoms with E-state index in [4.69, 9.17) is 0 Å². The highest BCUT2D eigenvalue weighted by molar-refractivity contribution is 7.17. The van der Waals surface area contributed by atoms with Crippen molar-refractivity contribution in [3.8, 4) is 0 Å². The minimum absolute atomic E-state index is 0.0733. The molecule has 3 aromatic rings. The maximum absolute atomic E-state index is 12.6. The molecule has 3 aromatic heterocycles. The highest BCUT2D eigenvalue weighted by Gasteiger charge is 2.21. The summed E-state index contributed by atoms with van der Waals surface area (Å²) in [7, 11) is 0. The normalized spacial score (nSPS) is 12.1. The van der Waals surface area contributed by atoms with E-state index in [1.165, 1.54) is 11.3 Å². The number of rotatable bonds is 4. The highest BCUT2D eigenvalue weighted by Crippen LogP contribution is 2.25. The highest BCUT2D eigenvalue weighted by atomic mass is 32.1. The van der Waals surface area contributed by atoms with Gasteiger partial charge in [0.15, 0.2) is 5.69 Å². The van der Waals surface area contributed by atoms with Crippen LogP contribution in [-0.4, -0.2) is 26.4 Å². The zero-order chi connectivity index (χ0) is 20.0. The molecule has 2 N–H and O–H groups in total. The number of nitrogens with zero attached hydrogens (tertiary/aromatic N) is 3. The minimum atomic E-state index is -0.333. The van der Waals surface area contributed by atoms with Crippen molar-refractivity contribution >= 4 is 33.4 Å². The first-order valence-corrected chi connectivity index (χ1v) is 9.97. The van der Waals surface area contributed by atoms with Crippen LogP contribution in [0.1, 0.15) is 63.8 Å². The molecule has 0 fully saturated rings. The van der Waals surface area contributed by atoms with Crippen molar-refractivity contribution in [1.29, 1.82) is 0 Å². The largest absolute Gasteiger partial charge is 0.346 e. The fraction of sp³-hybridized carbons (Fsp3) is 0.400. The van der Waals surface area contributed by atoms with Gasteiger partial charge in [-0.3, -0.25) is 9.78 Å². The minimum Gasteiger partial charge on any atom is -0.346 e. The first-order valence-electron chi connectivity index (χ1n) is 9.09. The van der Waals surface area contributed by atoms with Crippen molar-refractivity contribution < 1.29 is 4.79 Å². The molecule has 3 heterocycles. The van der Waals surface area contributed by atoms with Gasteiger partial charge >= 0.3 is 0 Å². The van der Waals surface area contributed by atoms with Gasteiger partial charge in [0.05, 0.1) is 22.0 Å². The summed E-state index contributed by atoms with van der Waals surface area (Å²) in [5, 5.41) is 8.12. The Bertz CT molecular complexity index is 886. The van der Waals surface area contributed by atoms with Crippen molar-refractivity contribution in [3.63, 3.8) is 0 Å². The molecule has 0 aliphatic rings. The summed E-state index contributed by atoms with van der Waals surface area (Å²) in [5.74, 6) is 0.221. The van der Waals surface area contributed by atoms with Crippen LogP contribution in [0, 0.1) is 0 Å². The van der Waals surface area contributed by atoms with E-state index >= 15 is 0 Å². The summed E-state index contributed by atoms with van der Waals surface area (Å²) in [5.41, 5.74) is 1.71. The van der Waals surface area contributed by atoms with Gasteiger partial charge in [0.1, 0.15) is 0 Å². The summed E-state index contributed by atoms with van der Waals surface area (Å²) < 4.78 is 0.790. The Morgan fingerprint density at radius 1 is 1.15 bits per heavy atom. The monoisotopic (exact) mass is 385 g/mol. The fourth-order valence-corrected chi connectivity index (χ4v) is 3.20. The van der Waals surface area contributed by atoms with Crippen LogP contribution in [0.3, 0.4) is 0 Å². The Kier molecular flexibility index (Phi) is 6.85. The van der Waals surface area contributed by atoms with Gasteiger partial charge in [-0.1, -0.05) is 19.9 Å².